The van der Waals surface area contributed by atoms with Crippen LogP contribution in [0, 0.1) is 0 Å². The van der Waals surface area contributed by atoms with Crippen LogP contribution >= 0.6 is 0 Å². The smallest absolute Gasteiger partial charge is 0.230 e. The van der Waals surface area contributed by atoms with E-state index in [0.29, 0.717) is 24.9 Å². The molecule has 0 spiro atoms. The van der Waals surface area contributed by atoms with Gasteiger partial charge in [0.15, 0.2) is 0 Å². The molecule has 1 atom stereocenters. The molecular weight excluding hydrogens is 230 g/mol. The third-order valence-electron chi connectivity index (χ3n) is 3.07. The van der Waals surface area contributed by atoms with E-state index in [4.69, 9.17) is 9.15 Å². The van der Waals surface area contributed by atoms with Crippen LogP contribution in [0.3, 0.4) is 0 Å². The predicted molar refractivity (Wildman–Crippen MR) is 65.5 cm³/mol. The van der Waals surface area contributed by atoms with Crippen LogP contribution < -0.4 is 10.1 Å². The first-order valence-corrected chi connectivity index (χ1v) is 6.07. The number of benzene rings is 1. The Bertz CT molecular complexity index is 539. The van der Waals surface area contributed by atoms with Gasteiger partial charge in [-0.05, 0) is 19.5 Å². The number of ether oxygens (including phenoxy) is 1. The minimum atomic E-state index is 0.146. The quantitative estimate of drug-likeness (QED) is 0.891. The van der Waals surface area contributed by atoms with Gasteiger partial charge in [0.25, 0.3) is 0 Å². The van der Waals surface area contributed by atoms with Gasteiger partial charge in [-0.15, -0.1) is 10.2 Å². The number of hydrogen-bond donors (Lipinski definition) is 1. The molecule has 3 rings (SSSR count). The maximum Gasteiger partial charge on any atom is 0.230 e. The van der Waals surface area contributed by atoms with E-state index in [1.807, 2.05) is 25.2 Å². The van der Waals surface area contributed by atoms with Crippen LogP contribution in [0.1, 0.15) is 29.7 Å². The fourth-order valence-electron chi connectivity index (χ4n) is 2.23. The van der Waals surface area contributed by atoms with Gasteiger partial charge in [-0.3, -0.25) is 0 Å². The van der Waals surface area contributed by atoms with Gasteiger partial charge in [-0.2, -0.15) is 0 Å². The summed E-state index contributed by atoms with van der Waals surface area (Å²) < 4.78 is 11.3. The summed E-state index contributed by atoms with van der Waals surface area (Å²) in [6.07, 6.45) is 0.873. The summed E-state index contributed by atoms with van der Waals surface area (Å²) in [5.41, 5.74) is 1.13. The molecule has 0 amide bonds. The molecule has 5 nitrogen and oxygen atoms in total. The standard InChI is InChI=1S/C13H15N3O2/c1-14-8-12-15-16-13(18-12)10-6-7-17-11-5-3-2-4-9(10)11/h2-5,10,14H,6-8H2,1H3. The SMILES string of the molecule is CNCc1nnc(C2CCOc3ccccc32)o1. The average molecular weight is 245 g/mol. The van der Waals surface area contributed by atoms with Gasteiger partial charge >= 0.3 is 0 Å². The van der Waals surface area contributed by atoms with Gasteiger partial charge in [-0.1, -0.05) is 18.2 Å². The van der Waals surface area contributed by atoms with Gasteiger partial charge in [0.05, 0.1) is 19.1 Å². The van der Waals surface area contributed by atoms with Crippen molar-refractivity contribution in [3.8, 4) is 5.75 Å². The minimum absolute atomic E-state index is 0.146. The monoisotopic (exact) mass is 245 g/mol. The maximum atomic E-state index is 5.68. The fourth-order valence-corrected chi connectivity index (χ4v) is 2.23. The van der Waals surface area contributed by atoms with Crippen LogP contribution in [-0.4, -0.2) is 23.9 Å². The lowest BCUT2D eigenvalue weighted by atomic mass is 9.93. The summed E-state index contributed by atoms with van der Waals surface area (Å²) in [7, 11) is 1.85. The maximum absolute atomic E-state index is 5.68. The van der Waals surface area contributed by atoms with Crippen molar-refractivity contribution in [2.75, 3.05) is 13.7 Å². The third kappa shape index (κ3) is 1.97. The zero-order valence-electron chi connectivity index (χ0n) is 10.2. The van der Waals surface area contributed by atoms with Gasteiger partial charge in [-0.25, -0.2) is 0 Å². The van der Waals surface area contributed by atoms with Crippen molar-refractivity contribution in [1.29, 1.82) is 0 Å². The molecule has 0 saturated carbocycles. The largest absolute Gasteiger partial charge is 0.493 e. The Hall–Kier alpha value is -1.88. The lowest BCUT2D eigenvalue weighted by molar-refractivity contribution is 0.263. The van der Waals surface area contributed by atoms with E-state index in [0.717, 1.165) is 17.7 Å². The summed E-state index contributed by atoms with van der Waals surface area (Å²) in [5.74, 6) is 2.36. The zero-order chi connectivity index (χ0) is 12.4. The molecule has 1 unspecified atom stereocenters. The molecule has 1 aliphatic heterocycles. The highest BCUT2D eigenvalue weighted by Crippen LogP contribution is 2.37. The van der Waals surface area contributed by atoms with Crippen molar-refractivity contribution in [2.45, 2.75) is 18.9 Å². The molecule has 0 bridgehead atoms. The van der Waals surface area contributed by atoms with E-state index in [1.165, 1.54) is 0 Å². The number of nitrogens with one attached hydrogen (secondary N) is 1. The highest BCUT2D eigenvalue weighted by molar-refractivity contribution is 5.40. The van der Waals surface area contributed by atoms with Gasteiger partial charge in [0.1, 0.15) is 5.75 Å². The Kier molecular flexibility index (Phi) is 2.98. The Balaban J connectivity index is 1.92. The van der Waals surface area contributed by atoms with Crippen molar-refractivity contribution in [2.24, 2.45) is 0 Å². The van der Waals surface area contributed by atoms with Gasteiger partial charge in [0.2, 0.25) is 11.8 Å². The highest BCUT2D eigenvalue weighted by atomic mass is 16.5. The van der Waals surface area contributed by atoms with Gasteiger partial charge in [0, 0.05) is 5.56 Å². The number of hydrogen-bond acceptors (Lipinski definition) is 5. The molecule has 0 saturated heterocycles. The summed E-state index contributed by atoms with van der Waals surface area (Å²) in [6.45, 7) is 1.28. The third-order valence-corrected chi connectivity index (χ3v) is 3.07. The summed E-state index contributed by atoms with van der Waals surface area (Å²) in [5, 5.41) is 11.2. The molecule has 1 aromatic heterocycles. The van der Waals surface area contributed by atoms with Crippen LogP contribution in [-0.2, 0) is 6.54 Å². The molecule has 0 aliphatic carbocycles. The van der Waals surface area contributed by atoms with Crippen molar-refractivity contribution in [3.63, 3.8) is 0 Å². The number of fused-ring (bicyclic) bond motifs is 1. The number of para-hydroxylation sites is 1. The topological polar surface area (TPSA) is 60.2 Å². The number of aromatic nitrogens is 2. The van der Waals surface area contributed by atoms with Crippen LogP contribution in [0.15, 0.2) is 28.7 Å². The van der Waals surface area contributed by atoms with E-state index in [2.05, 4.69) is 21.6 Å². The number of rotatable bonds is 3. The first-order chi connectivity index (χ1) is 8.88. The molecule has 1 N–H and O–H groups in total. The van der Waals surface area contributed by atoms with Crippen LogP contribution in [0.2, 0.25) is 0 Å². The molecule has 18 heavy (non-hydrogen) atoms. The molecule has 0 radical (unpaired) electrons. The van der Waals surface area contributed by atoms with Crippen LogP contribution in [0.25, 0.3) is 0 Å². The zero-order valence-corrected chi connectivity index (χ0v) is 10.2. The average Bonchev–Trinajstić information content (AvgIpc) is 2.87. The normalized spacial score (nSPS) is 18.2. The second-order valence-corrected chi connectivity index (χ2v) is 4.29. The highest BCUT2D eigenvalue weighted by Gasteiger charge is 2.27. The predicted octanol–water partition coefficient (Wildman–Crippen LogP) is 1.70. The van der Waals surface area contributed by atoms with Gasteiger partial charge < -0.3 is 14.5 Å². The van der Waals surface area contributed by atoms with E-state index in [-0.39, 0.29) is 5.92 Å². The number of nitrogens with zero attached hydrogens (tertiary/aromatic N) is 2. The Morgan fingerprint density at radius 3 is 3.11 bits per heavy atom. The minimum Gasteiger partial charge on any atom is -0.493 e. The Labute approximate surface area is 105 Å². The summed E-state index contributed by atoms with van der Waals surface area (Å²) in [4.78, 5) is 0. The molecule has 1 aliphatic rings. The fraction of sp³-hybridized carbons (Fsp3) is 0.385. The molecule has 0 fully saturated rings. The van der Waals surface area contributed by atoms with Crippen molar-refractivity contribution >= 4 is 0 Å². The van der Waals surface area contributed by atoms with Crippen molar-refractivity contribution < 1.29 is 9.15 Å². The lowest BCUT2D eigenvalue weighted by Gasteiger charge is -2.23. The lowest BCUT2D eigenvalue weighted by Crippen LogP contribution is -2.15. The molecule has 94 valence electrons. The first kappa shape index (κ1) is 11.2. The second-order valence-electron chi connectivity index (χ2n) is 4.29. The Morgan fingerprint density at radius 2 is 2.22 bits per heavy atom. The summed E-state index contributed by atoms with van der Waals surface area (Å²) in [6, 6.07) is 8.01. The van der Waals surface area contributed by atoms with Crippen LogP contribution in [0.4, 0.5) is 0 Å². The van der Waals surface area contributed by atoms with Crippen molar-refractivity contribution in [1.82, 2.24) is 15.5 Å². The van der Waals surface area contributed by atoms with E-state index >= 15 is 0 Å². The van der Waals surface area contributed by atoms with Crippen molar-refractivity contribution in [3.05, 3.63) is 41.6 Å². The summed E-state index contributed by atoms with van der Waals surface area (Å²) >= 11 is 0. The molecule has 2 heterocycles. The first-order valence-electron chi connectivity index (χ1n) is 6.07. The molecular formula is C13H15N3O2. The molecule has 1 aromatic carbocycles. The van der Waals surface area contributed by atoms with Crippen LogP contribution in [0.5, 0.6) is 5.75 Å². The van der Waals surface area contributed by atoms with E-state index in [1.54, 1.807) is 0 Å². The molecule has 2 aromatic rings. The van der Waals surface area contributed by atoms with E-state index in [9.17, 15) is 0 Å². The Morgan fingerprint density at radius 1 is 1.33 bits per heavy atom. The van der Waals surface area contributed by atoms with E-state index < -0.39 is 0 Å². The second kappa shape index (κ2) is 4.78. The molecule has 5 heteroatoms.